The van der Waals surface area contributed by atoms with Gasteiger partial charge in [0.15, 0.2) is 0 Å². The molecule has 0 saturated carbocycles. The van der Waals surface area contributed by atoms with Crippen molar-refractivity contribution in [2.24, 2.45) is 0 Å². The fourth-order valence-corrected chi connectivity index (χ4v) is 2.45. The molecular weight excluding hydrogens is 268 g/mol. The van der Waals surface area contributed by atoms with Crippen LogP contribution in [0.5, 0.6) is 0 Å². The molecule has 1 heterocycles. The van der Waals surface area contributed by atoms with Gasteiger partial charge in [0, 0.05) is 30.9 Å². The van der Waals surface area contributed by atoms with Crippen molar-refractivity contribution in [2.45, 2.75) is 26.4 Å². The Bertz CT molecular complexity index is 490. The van der Waals surface area contributed by atoms with E-state index in [4.69, 9.17) is 9.84 Å². The number of ether oxygens (including phenoxy) is 1. The minimum atomic E-state index is -0.269. The van der Waals surface area contributed by atoms with E-state index in [9.17, 15) is 4.79 Å². The van der Waals surface area contributed by atoms with Crippen LogP contribution in [0.4, 0.5) is 5.69 Å². The van der Waals surface area contributed by atoms with Gasteiger partial charge in [-0.25, -0.2) is 0 Å². The van der Waals surface area contributed by atoms with Gasteiger partial charge in [0.05, 0.1) is 19.3 Å². The van der Waals surface area contributed by atoms with E-state index in [-0.39, 0.29) is 18.6 Å². The molecule has 2 N–H and O–H groups in total. The zero-order chi connectivity index (χ0) is 15.2. The quantitative estimate of drug-likeness (QED) is 0.866. The summed E-state index contributed by atoms with van der Waals surface area (Å²) in [6.45, 7) is 6.50. The minimum Gasteiger partial charge on any atom is -0.394 e. The van der Waals surface area contributed by atoms with E-state index in [2.05, 4.69) is 12.2 Å². The second-order valence-electron chi connectivity index (χ2n) is 5.38. The second-order valence-corrected chi connectivity index (χ2v) is 5.38. The van der Waals surface area contributed by atoms with Crippen molar-refractivity contribution in [1.29, 1.82) is 0 Å². The van der Waals surface area contributed by atoms with Crippen LogP contribution in [-0.4, -0.2) is 54.9 Å². The first-order chi connectivity index (χ1) is 10.2. The maximum absolute atomic E-state index is 12.5. The number of nitrogens with one attached hydrogen (secondary N) is 1. The minimum absolute atomic E-state index is 0.00175. The Morgan fingerprint density at radius 1 is 1.52 bits per heavy atom. The summed E-state index contributed by atoms with van der Waals surface area (Å²) >= 11 is 0. The van der Waals surface area contributed by atoms with Crippen molar-refractivity contribution in [2.75, 3.05) is 38.2 Å². The van der Waals surface area contributed by atoms with E-state index >= 15 is 0 Å². The monoisotopic (exact) mass is 292 g/mol. The van der Waals surface area contributed by atoms with Crippen LogP contribution in [0.2, 0.25) is 0 Å². The second kappa shape index (κ2) is 7.43. The maximum Gasteiger partial charge on any atom is 0.254 e. The molecular formula is C16H24N2O3. The summed E-state index contributed by atoms with van der Waals surface area (Å²) in [6.07, 6.45) is 0.797. The molecule has 1 unspecified atom stereocenters. The SMILES string of the molecule is CCCNc1ccc(C(=O)N2CCOC(CO)C2)cc1C. The Morgan fingerprint density at radius 3 is 3.00 bits per heavy atom. The number of aryl methyl sites for hydroxylation is 1. The molecule has 5 heteroatoms. The van der Waals surface area contributed by atoms with Gasteiger partial charge in [-0.15, -0.1) is 0 Å². The van der Waals surface area contributed by atoms with Crippen molar-refractivity contribution in [3.63, 3.8) is 0 Å². The fraction of sp³-hybridized carbons (Fsp3) is 0.562. The summed E-state index contributed by atoms with van der Waals surface area (Å²) < 4.78 is 5.38. The van der Waals surface area contributed by atoms with Crippen LogP contribution in [0.3, 0.4) is 0 Å². The van der Waals surface area contributed by atoms with Gasteiger partial charge in [-0.05, 0) is 37.1 Å². The highest BCUT2D eigenvalue weighted by molar-refractivity contribution is 5.95. The first kappa shape index (κ1) is 15.8. The number of nitrogens with zero attached hydrogens (tertiary/aromatic N) is 1. The number of carbonyl (C=O) groups is 1. The normalized spacial score (nSPS) is 18.6. The van der Waals surface area contributed by atoms with Crippen LogP contribution < -0.4 is 5.32 Å². The molecule has 1 fully saturated rings. The van der Waals surface area contributed by atoms with Crippen LogP contribution in [0.25, 0.3) is 0 Å². The van der Waals surface area contributed by atoms with E-state index in [1.807, 2.05) is 25.1 Å². The van der Waals surface area contributed by atoms with E-state index in [0.29, 0.717) is 25.3 Å². The molecule has 0 spiro atoms. The summed E-state index contributed by atoms with van der Waals surface area (Å²) in [6, 6.07) is 5.74. The smallest absolute Gasteiger partial charge is 0.254 e. The molecule has 2 rings (SSSR count). The van der Waals surface area contributed by atoms with Gasteiger partial charge in [-0.2, -0.15) is 0 Å². The lowest BCUT2D eigenvalue weighted by Gasteiger charge is -2.32. The number of aliphatic hydroxyl groups is 1. The van der Waals surface area contributed by atoms with Crippen molar-refractivity contribution in [3.8, 4) is 0 Å². The molecule has 1 saturated heterocycles. The number of rotatable bonds is 5. The number of benzene rings is 1. The topological polar surface area (TPSA) is 61.8 Å². The molecule has 1 aromatic rings. The Hall–Kier alpha value is -1.59. The van der Waals surface area contributed by atoms with Crippen LogP contribution in [0.1, 0.15) is 29.3 Å². The van der Waals surface area contributed by atoms with Gasteiger partial charge in [0.1, 0.15) is 0 Å². The Kier molecular flexibility index (Phi) is 5.59. The highest BCUT2D eigenvalue weighted by Gasteiger charge is 2.24. The van der Waals surface area contributed by atoms with Crippen molar-refractivity contribution >= 4 is 11.6 Å². The van der Waals surface area contributed by atoms with Crippen molar-refractivity contribution in [3.05, 3.63) is 29.3 Å². The van der Waals surface area contributed by atoms with Crippen molar-refractivity contribution in [1.82, 2.24) is 4.90 Å². The molecule has 1 aliphatic heterocycles. The summed E-state index contributed by atoms with van der Waals surface area (Å²) in [5.41, 5.74) is 2.83. The largest absolute Gasteiger partial charge is 0.394 e. The zero-order valence-corrected chi connectivity index (χ0v) is 12.8. The van der Waals surface area contributed by atoms with Crippen LogP contribution >= 0.6 is 0 Å². The number of morpholine rings is 1. The molecule has 0 aromatic heterocycles. The van der Waals surface area contributed by atoms with Crippen molar-refractivity contribution < 1.29 is 14.6 Å². The lowest BCUT2D eigenvalue weighted by Crippen LogP contribution is -2.46. The Morgan fingerprint density at radius 2 is 2.33 bits per heavy atom. The molecule has 5 nitrogen and oxygen atoms in total. The number of anilines is 1. The van der Waals surface area contributed by atoms with E-state index in [1.54, 1.807) is 4.90 Å². The predicted octanol–water partition coefficient (Wildman–Crippen LogP) is 1.65. The summed E-state index contributed by atoms with van der Waals surface area (Å²) in [5, 5.41) is 12.5. The lowest BCUT2D eigenvalue weighted by atomic mass is 10.1. The summed E-state index contributed by atoms with van der Waals surface area (Å²) in [5.74, 6) is 0.00175. The molecule has 1 aliphatic rings. The lowest BCUT2D eigenvalue weighted by molar-refractivity contribution is -0.0447. The third-order valence-electron chi connectivity index (χ3n) is 3.67. The molecule has 0 aliphatic carbocycles. The zero-order valence-electron chi connectivity index (χ0n) is 12.8. The van der Waals surface area contributed by atoms with Gasteiger partial charge < -0.3 is 20.1 Å². The summed E-state index contributed by atoms with van der Waals surface area (Å²) in [7, 11) is 0. The van der Waals surface area contributed by atoms with Gasteiger partial charge in [-0.1, -0.05) is 6.92 Å². The molecule has 0 radical (unpaired) electrons. The van der Waals surface area contributed by atoms with E-state index in [0.717, 1.165) is 24.2 Å². The number of hydrogen-bond donors (Lipinski definition) is 2. The average Bonchev–Trinajstić information content (AvgIpc) is 2.53. The standard InChI is InChI=1S/C16H24N2O3/c1-3-6-17-15-5-4-13(9-12(15)2)16(20)18-7-8-21-14(10-18)11-19/h4-5,9,14,17,19H,3,6-8,10-11H2,1-2H3. The number of amides is 1. The molecule has 0 bridgehead atoms. The molecule has 116 valence electrons. The molecule has 1 atom stereocenters. The maximum atomic E-state index is 12.5. The van der Waals surface area contributed by atoms with Gasteiger partial charge in [-0.3, -0.25) is 4.79 Å². The van der Waals surface area contributed by atoms with Gasteiger partial charge in [0.2, 0.25) is 0 Å². The number of aliphatic hydroxyl groups excluding tert-OH is 1. The predicted molar refractivity (Wildman–Crippen MR) is 82.7 cm³/mol. The van der Waals surface area contributed by atoms with Crippen LogP contribution in [0, 0.1) is 6.92 Å². The molecule has 1 aromatic carbocycles. The number of hydrogen-bond acceptors (Lipinski definition) is 4. The highest BCUT2D eigenvalue weighted by Crippen LogP contribution is 2.18. The third kappa shape index (κ3) is 3.95. The first-order valence-electron chi connectivity index (χ1n) is 7.52. The fourth-order valence-electron chi connectivity index (χ4n) is 2.45. The van der Waals surface area contributed by atoms with E-state index < -0.39 is 0 Å². The number of carbonyl (C=O) groups excluding carboxylic acids is 1. The summed E-state index contributed by atoms with van der Waals surface area (Å²) in [4.78, 5) is 14.3. The Balaban J connectivity index is 2.07. The Labute approximate surface area is 125 Å². The average molecular weight is 292 g/mol. The first-order valence-corrected chi connectivity index (χ1v) is 7.52. The third-order valence-corrected chi connectivity index (χ3v) is 3.67. The highest BCUT2D eigenvalue weighted by atomic mass is 16.5. The van der Waals surface area contributed by atoms with Crippen LogP contribution in [-0.2, 0) is 4.74 Å². The van der Waals surface area contributed by atoms with E-state index in [1.165, 1.54) is 0 Å². The molecule has 21 heavy (non-hydrogen) atoms. The van der Waals surface area contributed by atoms with Crippen LogP contribution in [0.15, 0.2) is 18.2 Å². The van der Waals surface area contributed by atoms with Gasteiger partial charge in [0.25, 0.3) is 5.91 Å². The molecule has 1 amide bonds. The van der Waals surface area contributed by atoms with Gasteiger partial charge >= 0.3 is 0 Å².